The predicted octanol–water partition coefficient (Wildman–Crippen LogP) is 0.833. The topological polar surface area (TPSA) is 38.5 Å². The van der Waals surface area contributed by atoms with Gasteiger partial charge in [-0.25, -0.2) is 0 Å². The molecule has 3 heteroatoms. The molecule has 3 nitrogen and oxygen atoms in total. The maximum atomic E-state index is 6.11. The van der Waals surface area contributed by atoms with E-state index in [4.69, 9.17) is 10.5 Å². The van der Waals surface area contributed by atoms with E-state index in [9.17, 15) is 0 Å². The summed E-state index contributed by atoms with van der Waals surface area (Å²) < 4.78 is 5.14. The number of nitrogens with zero attached hydrogens (tertiary/aromatic N) is 1. The highest BCUT2D eigenvalue weighted by atomic mass is 16.5. The summed E-state index contributed by atoms with van der Waals surface area (Å²) in [5, 5.41) is 0. The quantitative estimate of drug-likeness (QED) is 0.730. The van der Waals surface area contributed by atoms with Gasteiger partial charge in [-0.1, -0.05) is 0 Å². The number of rotatable bonds is 3. The zero-order valence-electron chi connectivity index (χ0n) is 9.28. The van der Waals surface area contributed by atoms with Crippen LogP contribution in [0.4, 0.5) is 0 Å². The number of piperidine rings is 1. The zero-order valence-corrected chi connectivity index (χ0v) is 9.28. The van der Waals surface area contributed by atoms with E-state index < -0.39 is 0 Å². The van der Waals surface area contributed by atoms with Crippen LogP contribution >= 0.6 is 0 Å². The third kappa shape index (κ3) is 1.81. The van der Waals surface area contributed by atoms with Crippen molar-refractivity contribution in [2.24, 2.45) is 11.7 Å². The van der Waals surface area contributed by atoms with Crippen LogP contribution < -0.4 is 5.73 Å². The molecule has 2 aliphatic rings. The van der Waals surface area contributed by atoms with Crippen molar-refractivity contribution in [3.63, 3.8) is 0 Å². The molecule has 0 aromatic rings. The molecule has 0 aromatic heterocycles. The Labute approximate surface area is 86.6 Å². The van der Waals surface area contributed by atoms with Crippen LogP contribution in [0.1, 0.15) is 25.7 Å². The second-order valence-electron chi connectivity index (χ2n) is 4.90. The van der Waals surface area contributed by atoms with Gasteiger partial charge in [-0.3, -0.25) is 0 Å². The monoisotopic (exact) mass is 198 g/mol. The fourth-order valence-corrected chi connectivity index (χ4v) is 3.13. The maximum absolute atomic E-state index is 6.11. The van der Waals surface area contributed by atoms with Gasteiger partial charge in [0.25, 0.3) is 0 Å². The first-order chi connectivity index (χ1) is 6.72. The zero-order chi connectivity index (χ0) is 10.1. The average Bonchev–Trinajstić information content (AvgIpc) is 2.42. The molecular formula is C11H22N2O. The molecule has 0 aromatic carbocycles. The molecule has 2 saturated heterocycles. The largest absolute Gasteiger partial charge is 0.383 e. The van der Waals surface area contributed by atoms with Gasteiger partial charge >= 0.3 is 0 Å². The first-order valence-electron chi connectivity index (χ1n) is 5.68. The van der Waals surface area contributed by atoms with Crippen LogP contribution in [0.15, 0.2) is 0 Å². The average molecular weight is 198 g/mol. The van der Waals surface area contributed by atoms with E-state index >= 15 is 0 Å². The normalized spacial score (nSPS) is 40.1. The first-order valence-corrected chi connectivity index (χ1v) is 5.68. The predicted molar refractivity (Wildman–Crippen MR) is 57.1 cm³/mol. The molecule has 3 unspecified atom stereocenters. The van der Waals surface area contributed by atoms with Gasteiger partial charge in [0.15, 0.2) is 0 Å². The van der Waals surface area contributed by atoms with Crippen LogP contribution in [0.3, 0.4) is 0 Å². The van der Waals surface area contributed by atoms with Crippen LogP contribution in [-0.4, -0.2) is 43.8 Å². The summed E-state index contributed by atoms with van der Waals surface area (Å²) in [5.41, 5.74) is 6.11. The van der Waals surface area contributed by atoms with Crippen molar-refractivity contribution in [2.75, 3.05) is 20.8 Å². The summed E-state index contributed by atoms with van der Waals surface area (Å²) in [4.78, 5) is 2.55. The third-order valence-electron chi connectivity index (χ3n) is 4.10. The Kier molecular flexibility index (Phi) is 3.10. The fourth-order valence-electron chi connectivity index (χ4n) is 3.13. The molecular weight excluding hydrogens is 176 g/mol. The minimum absolute atomic E-state index is 0.247. The lowest BCUT2D eigenvalue weighted by atomic mass is 9.86. The third-order valence-corrected chi connectivity index (χ3v) is 4.10. The Morgan fingerprint density at radius 2 is 1.93 bits per heavy atom. The van der Waals surface area contributed by atoms with Crippen molar-refractivity contribution in [3.8, 4) is 0 Å². The van der Waals surface area contributed by atoms with Gasteiger partial charge in [-0.2, -0.15) is 0 Å². The van der Waals surface area contributed by atoms with Gasteiger partial charge in [-0.05, 0) is 38.6 Å². The minimum atomic E-state index is 0.247. The smallest absolute Gasteiger partial charge is 0.0616 e. The molecule has 2 fully saturated rings. The molecule has 82 valence electrons. The molecule has 2 N–H and O–H groups in total. The summed E-state index contributed by atoms with van der Waals surface area (Å²) in [6.45, 7) is 0.716. The maximum Gasteiger partial charge on any atom is 0.0616 e. The highest BCUT2D eigenvalue weighted by molar-refractivity contribution is 4.95. The van der Waals surface area contributed by atoms with Gasteiger partial charge in [0.1, 0.15) is 0 Å². The van der Waals surface area contributed by atoms with Crippen LogP contribution in [0, 0.1) is 5.92 Å². The summed E-state index contributed by atoms with van der Waals surface area (Å²) in [7, 11) is 4.00. The lowest BCUT2D eigenvalue weighted by Gasteiger charge is -2.38. The van der Waals surface area contributed by atoms with Crippen molar-refractivity contribution in [3.05, 3.63) is 0 Å². The van der Waals surface area contributed by atoms with Gasteiger partial charge in [0.05, 0.1) is 6.61 Å². The second-order valence-corrected chi connectivity index (χ2v) is 4.90. The Morgan fingerprint density at radius 3 is 2.43 bits per heavy atom. The molecule has 2 heterocycles. The van der Waals surface area contributed by atoms with Crippen molar-refractivity contribution in [2.45, 2.75) is 43.8 Å². The summed E-state index contributed by atoms with van der Waals surface area (Å²) >= 11 is 0. The lowest BCUT2D eigenvalue weighted by Crippen LogP contribution is -2.46. The van der Waals surface area contributed by atoms with E-state index in [0.717, 1.165) is 12.1 Å². The molecule has 0 radical (unpaired) electrons. The SMILES string of the molecule is COCC(N)C1CC2CCC(C1)N2C. The van der Waals surface area contributed by atoms with Crippen molar-refractivity contribution in [1.82, 2.24) is 4.90 Å². The first kappa shape index (κ1) is 10.4. The molecule has 2 rings (SSSR count). The Hall–Kier alpha value is -0.120. The van der Waals surface area contributed by atoms with Crippen molar-refractivity contribution in [1.29, 1.82) is 0 Å². The Morgan fingerprint density at radius 1 is 1.36 bits per heavy atom. The molecule has 0 amide bonds. The summed E-state index contributed by atoms with van der Waals surface area (Å²) in [5.74, 6) is 0.684. The van der Waals surface area contributed by atoms with Gasteiger partial charge in [0, 0.05) is 25.2 Å². The molecule has 3 atom stereocenters. The second kappa shape index (κ2) is 4.17. The number of ether oxygens (including phenoxy) is 1. The molecule has 0 aliphatic carbocycles. The van der Waals surface area contributed by atoms with Crippen molar-refractivity contribution >= 4 is 0 Å². The highest BCUT2D eigenvalue weighted by Gasteiger charge is 2.39. The fraction of sp³-hybridized carbons (Fsp3) is 1.00. The van der Waals surface area contributed by atoms with Crippen molar-refractivity contribution < 1.29 is 4.74 Å². The van der Waals surface area contributed by atoms with E-state index in [-0.39, 0.29) is 6.04 Å². The minimum Gasteiger partial charge on any atom is -0.383 e. The number of methoxy groups -OCH3 is 1. The molecule has 0 spiro atoms. The highest BCUT2D eigenvalue weighted by Crippen LogP contribution is 2.38. The Balaban J connectivity index is 1.92. The lowest BCUT2D eigenvalue weighted by molar-refractivity contribution is 0.0888. The van der Waals surface area contributed by atoms with Gasteiger partial charge in [-0.15, -0.1) is 0 Å². The van der Waals surface area contributed by atoms with E-state index in [1.54, 1.807) is 7.11 Å². The molecule has 0 saturated carbocycles. The van der Waals surface area contributed by atoms with Gasteiger partial charge < -0.3 is 15.4 Å². The molecule has 2 bridgehead atoms. The Bertz CT molecular complexity index is 184. The summed E-state index contributed by atoms with van der Waals surface area (Å²) in [6, 6.07) is 1.83. The van der Waals surface area contributed by atoms with Crippen LogP contribution in [0.5, 0.6) is 0 Å². The van der Waals surface area contributed by atoms with Crippen LogP contribution in [0.25, 0.3) is 0 Å². The van der Waals surface area contributed by atoms with Crippen LogP contribution in [-0.2, 0) is 4.74 Å². The van der Waals surface area contributed by atoms with E-state index in [2.05, 4.69) is 11.9 Å². The van der Waals surface area contributed by atoms with Gasteiger partial charge in [0.2, 0.25) is 0 Å². The standard InChI is InChI=1S/C11H22N2O/c1-13-9-3-4-10(13)6-8(5-9)11(12)7-14-2/h8-11H,3-7,12H2,1-2H3. The van der Waals surface area contributed by atoms with E-state index in [1.807, 2.05) is 0 Å². The summed E-state index contributed by atoms with van der Waals surface area (Å²) in [6.07, 6.45) is 5.30. The number of hydrogen-bond donors (Lipinski definition) is 1. The van der Waals surface area contributed by atoms with E-state index in [1.165, 1.54) is 25.7 Å². The number of nitrogens with two attached hydrogens (primary N) is 1. The van der Waals surface area contributed by atoms with Crippen LogP contribution in [0.2, 0.25) is 0 Å². The molecule has 2 aliphatic heterocycles. The van der Waals surface area contributed by atoms with E-state index in [0.29, 0.717) is 12.5 Å². The number of fused-ring (bicyclic) bond motifs is 2. The molecule has 14 heavy (non-hydrogen) atoms. The number of hydrogen-bond acceptors (Lipinski definition) is 3.